The molecule has 0 saturated carbocycles. The average molecular weight is 704 g/mol. The van der Waals surface area contributed by atoms with Crippen molar-refractivity contribution in [3.05, 3.63) is 65.7 Å². The van der Waals surface area contributed by atoms with Gasteiger partial charge in [0.1, 0.15) is 5.75 Å². The molecule has 1 heterocycles. The highest BCUT2D eigenvalue weighted by Crippen LogP contribution is 2.86. The van der Waals surface area contributed by atoms with Gasteiger partial charge in [-0.25, -0.2) is 0 Å². The number of carbonyl (C=O) groups is 1. The number of nitrogens with zero attached hydrogens (tertiary/aromatic N) is 3. The van der Waals surface area contributed by atoms with Crippen molar-refractivity contribution in [3.63, 3.8) is 0 Å². The number of hydrogen-bond donors (Lipinski definition) is 0. The lowest BCUT2D eigenvalue weighted by Crippen LogP contribution is -2.00. The maximum Gasteiger partial charge on any atom is 0.256 e. The summed E-state index contributed by atoms with van der Waals surface area (Å²) in [7, 11) is 0. The Labute approximate surface area is 262 Å². The molecule has 1 aliphatic heterocycles. The van der Waals surface area contributed by atoms with Gasteiger partial charge in [-0.15, -0.1) is 0 Å². The second-order valence-electron chi connectivity index (χ2n) is 9.55. The van der Waals surface area contributed by atoms with Crippen LogP contribution in [0.1, 0.15) is 87.1 Å². The smallest absolute Gasteiger partial charge is 0.256 e. The Morgan fingerprint density at radius 3 is 1.85 bits per heavy atom. The lowest BCUT2D eigenvalue weighted by Gasteiger charge is -2.21. The molecule has 2 aromatic rings. The van der Waals surface area contributed by atoms with E-state index in [1.807, 2.05) is 12.1 Å². The molecule has 0 saturated heterocycles. The van der Waals surface area contributed by atoms with Crippen molar-refractivity contribution in [3.8, 4) is 5.75 Å². The van der Waals surface area contributed by atoms with Gasteiger partial charge < -0.3 is 4.74 Å². The van der Waals surface area contributed by atoms with E-state index < -0.39 is 18.4 Å². The Bertz CT molecular complexity index is 1310. The van der Waals surface area contributed by atoms with Crippen LogP contribution in [0.15, 0.2) is 68.2 Å². The first-order valence-corrected chi connectivity index (χ1v) is 23.1. The first-order valence-electron chi connectivity index (χ1n) is 13.5. The molecule has 1 atom stereocenters. The number of unbranched alkanes of at least 4 members (excludes halogenated alkanes) is 9. The highest BCUT2D eigenvalue weighted by Gasteiger charge is 2.33. The van der Waals surface area contributed by atoms with E-state index in [2.05, 4.69) is 20.5 Å². The van der Waals surface area contributed by atoms with Gasteiger partial charge in [0.25, 0.3) is 11.8 Å². The molecule has 0 aromatic heterocycles. The predicted octanol–water partition coefficient (Wildman–Crippen LogP) is 13.6. The number of rotatable bonds is 16. The molecule has 2 aromatic carbocycles. The van der Waals surface area contributed by atoms with Crippen LogP contribution in [0.4, 0.5) is 0 Å². The van der Waals surface area contributed by atoms with Crippen LogP contribution >= 0.6 is 74.6 Å². The monoisotopic (exact) mass is 701 g/mol. The van der Waals surface area contributed by atoms with Gasteiger partial charge in [-0.3, -0.25) is 4.79 Å². The number of ketones is 1. The van der Waals surface area contributed by atoms with Gasteiger partial charge >= 0.3 is 0 Å². The number of halogens is 5. The predicted molar refractivity (Wildman–Crippen MR) is 181 cm³/mol. The largest absolute Gasteiger partial charge is 0.494 e. The Balaban J connectivity index is 1.44. The van der Waals surface area contributed by atoms with Crippen molar-refractivity contribution in [1.29, 1.82) is 0 Å². The summed E-state index contributed by atoms with van der Waals surface area (Å²) in [6, 6.07) is 14.4. The summed E-state index contributed by atoms with van der Waals surface area (Å²) >= 11 is 31.4. The summed E-state index contributed by atoms with van der Waals surface area (Å²) in [6.07, 6.45) is 16.2. The molecule has 3 rings (SSSR count). The van der Waals surface area contributed by atoms with Crippen molar-refractivity contribution >= 4 is 91.7 Å². The minimum atomic E-state index is -3.10. The minimum Gasteiger partial charge on any atom is -0.494 e. The number of ether oxygens (including phenoxy) is 1. The van der Waals surface area contributed by atoms with E-state index in [0.717, 1.165) is 17.7 Å². The summed E-state index contributed by atoms with van der Waals surface area (Å²) in [5, 5.41) is 0.609. The van der Waals surface area contributed by atoms with Gasteiger partial charge in [0.05, 0.1) is 6.61 Å². The minimum absolute atomic E-state index is 0.108. The molecule has 1 aliphatic rings. The van der Waals surface area contributed by atoms with Crippen LogP contribution in [0, 0.1) is 0 Å². The Morgan fingerprint density at radius 2 is 1.27 bits per heavy atom. The molecule has 0 fully saturated rings. The number of carbonyl (C=O) groups excluding carboxylic acids is 1. The molecule has 0 radical (unpaired) electrons. The summed E-state index contributed by atoms with van der Waals surface area (Å²) in [4.78, 5) is 12.7. The highest BCUT2D eigenvalue weighted by atomic mass is 35.9. The standard InChI is InChI=1S/C27H35Cl5N3O2P3/c1-2-3-4-5-6-7-8-9-10-11-22-37-25-17-15-24(16-18-25)27(36)21-14-23-12-19-26(20-13-23)38(28)33-39(29,30)35-40(31,32)34-38/h12-21H,2-11,22H2,1H3/b21-14+. The molecule has 0 spiro atoms. The topological polar surface area (TPSA) is 63.4 Å². The number of hydrogen-bond acceptors (Lipinski definition) is 5. The van der Waals surface area contributed by atoms with E-state index in [0.29, 0.717) is 17.5 Å². The van der Waals surface area contributed by atoms with Crippen LogP contribution in [0.2, 0.25) is 0 Å². The van der Waals surface area contributed by atoms with E-state index in [1.54, 1.807) is 42.5 Å². The molecular formula is C27H35Cl5N3O2P3. The molecule has 1 unspecified atom stereocenters. The molecule has 220 valence electrons. The highest BCUT2D eigenvalue weighted by molar-refractivity contribution is 8.23. The third kappa shape index (κ3) is 11.8. The van der Waals surface area contributed by atoms with Crippen molar-refractivity contribution < 1.29 is 9.53 Å². The fraction of sp³-hybridized carbons (Fsp3) is 0.444. The van der Waals surface area contributed by atoms with E-state index in [-0.39, 0.29) is 5.78 Å². The molecule has 0 bridgehead atoms. The van der Waals surface area contributed by atoms with Crippen LogP contribution < -0.4 is 10.0 Å². The second kappa shape index (κ2) is 16.6. The van der Waals surface area contributed by atoms with Gasteiger partial charge in [0.2, 0.25) is 0 Å². The molecule has 0 aliphatic carbocycles. The Kier molecular flexibility index (Phi) is 14.2. The zero-order valence-corrected chi connectivity index (χ0v) is 28.9. The number of allylic oxidation sites excluding steroid dienone is 1. The zero-order valence-electron chi connectivity index (χ0n) is 22.4. The summed E-state index contributed by atoms with van der Waals surface area (Å²) in [6.45, 7) is -0.0503. The van der Waals surface area contributed by atoms with Crippen LogP contribution in [0.5, 0.6) is 5.75 Å². The molecule has 0 amide bonds. The van der Waals surface area contributed by atoms with Crippen molar-refractivity contribution in [2.45, 2.75) is 71.1 Å². The fourth-order valence-electron chi connectivity index (χ4n) is 4.11. The lowest BCUT2D eigenvalue weighted by molar-refractivity contribution is 0.104. The molecule has 5 nitrogen and oxygen atoms in total. The first-order chi connectivity index (χ1) is 19.0. The fourth-order valence-corrected chi connectivity index (χ4v) is 21.8. The van der Waals surface area contributed by atoms with Crippen LogP contribution in [0.25, 0.3) is 6.08 Å². The first kappa shape index (κ1) is 34.3. The Hall–Kier alpha value is -0.210. The Morgan fingerprint density at radius 1 is 0.725 bits per heavy atom. The average Bonchev–Trinajstić information content (AvgIpc) is 2.89. The van der Waals surface area contributed by atoms with Gasteiger partial charge in [-0.1, -0.05) is 82.9 Å². The second-order valence-corrected chi connectivity index (χ2v) is 23.2. The molecular weight excluding hydrogens is 669 g/mol. The van der Waals surface area contributed by atoms with Crippen molar-refractivity contribution in [1.82, 2.24) is 0 Å². The molecule has 0 N–H and O–H groups in total. The van der Waals surface area contributed by atoms with Crippen molar-refractivity contribution in [2.24, 2.45) is 13.5 Å². The van der Waals surface area contributed by atoms with E-state index in [1.165, 1.54) is 63.9 Å². The lowest BCUT2D eigenvalue weighted by atomic mass is 10.1. The summed E-state index contributed by atoms with van der Waals surface area (Å²) in [5.41, 5.74) is 1.39. The van der Waals surface area contributed by atoms with Crippen molar-refractivity contribution in [2.75, 3.05) is 6.61 Å². The van der Waals surface area contributed by atoms with Crippen LogP contribution in [-0.2, 0) is 0 Å². The summed E-state index contributed by atoms with van der Waals surface area (Å²) in [5.74, 6) is -5.54. The van der Waals surface area contributed by atoms with Gasteiger partial charge in [0.15, 0.2) is 12.3 Å². The van der Waals surface area contributed by atoms with Gasteiger partial charge in [-0.2, -0.15) is 13.5 Å². The number of benzene rings is 2. The zero-order chi connectivity index (χ0) is 29.1. The third-order valence-corrected chi connectivity index (χ3v) is 19.2. The molecule has 13 heteroatoms. The normalized spacial score (nSPS) is 19.4. The van der Waals surface area contributed by atoms with Crippen LogP contribution in [0.3, 0.4) is 0 Å². The van der Waals surface area contributed by atoms with E-state index in [9.17, 15) is 4.79 Å². The summed E-state index contributed by atoms with van der Waals surface area (Å²) < 4.78 is 18.3. The van der Waals surface area contributed by atoms with Gasteiger partial charge in [-0.05, 0) is 111 Å². The quantitative estimate of drug-likeness (QED) is 0.0756. The SMILES string of the molecule is CCCCCCCCCCCCOc1ccc(C(=O)/C=C/c2ccc(P3(Cl)=NP(Cl)(Cl)=NP(Cl)(Cl)=N3)cc2)cc1. The molecule has 40 heavy (non-hydrogen) atoms. The maximum atomic E-state index is 12.7. The third-order valence-electron chi connectivity index (χ3n) is 6.22. The van der Waals surface area contributed by atoms with Crippen LogP contribution in [-0.4, -0.2) is 12.4 Å². The maximum absolute atomic E-state index is 12.7. The van der Waals surface area contributed by atoms with Gasteiger partial charge in [0, 0.05) is 10.9 Å². The van der Waals surface area contributed by atoms with E-state index in [4.69, 9.17) is 60.9 Å². The van der Waals surface area contributed by atoms with E-state index >= 15 is 0 Å².